The van der Waals surface area contributed by atoms with Crippen LogP contribution in [0.5, 0.6) is 0 Å². The lowest BCUT2D eigenvalue weighted by atomic mass is 10.0. The minimum Gasteiger partial charge on any atom is -0.468 e. The van der Waals surface area contributed by atoms with Gasteiger partial charge in [-0.1, -0.05) is 6.92 Å². The molecule has 2 rings (SSSR count). The molecule has 0 bridgehead atoms. The van der Waals surface area contributed by atoms with Crippen LogP contribution in [0.15, 0.2) is 22.8 Å². The lowest BCUT2D eigenvalue weighted by molar-refractivity contribution is 0.162. The predicted octanol–water partition coefficient (Wildman–Crippen LogP) is 2.09. The van der Waals surface area contributed by atoms with Crippen LogP contribution in [0, 0.1) is 0 Å². The van der Waals surface area contributed by atoms with E-state index >= 15 is 0 Å². The molecule has 1 aromatic heterocycles. The van der Waals surface area contributed by atoms with E-state index in [1.807, 2.05) is 12.1 Å². The summed E-state index contributed by atoms with van der Waals surface area (Å²) in [6.07, 6.45) is 5.39. The second kappa shape index (κ2) is 7.08. The summed E-state index contributed by atoms with van der Waals surface area (Å²) in [5, 5.41) is 0. The quantitative estimate of drug-likeness (QED) is 0.820. The summed E-state index contributed by atoms with van der Waals surface area (Å²) in [6.45, 7) is 6.80. The summed E-state index contributed by atoms with van der Waals surface area (Å²) in [4.78, 5) is 4.87. The molecule has 2 heterocycles. The molecule has 2 N–H and O–H groups in total. The minimum atomic E-state index is 0.120. The molecule has 4 heteroatoms. The molecule has 1 aliphatic rings. The molecule has 0 amide bonds. The van der Waals surface area contributed by atoms with Gasteiger partial charge in [-0.3, -0.25) is 4.90 Å². The number of furan rings is 1. The van der Waals surface area contributed by atoms with Gasteiger partial charge in [-0.25, -0.2) is 0 Å². The van der Waals surface area contributed by atoms with Crippen molar-refractivity contribution in [3.8, 4) is 0 Å². The molecule has 0 aromatic carbocycles. The number of likely N-dealkylation sites (tertiary alicyclic amines) is 1. The molecule has 1 aliphatic heterocycles. The fourth-order valence-electron chi connectivity index (χ4n) is 2.88. The fraction of sp³-hybridized carbons (Fsp3) is 0.733. The second-order valence-electron chi connectivity index (χ2n) is 5.56. The van der Waals surface area contributed by atoms with Gasteiger partial charge in [-0.2, -0.15) is 0 Å². The van der Waals surface area contributed by atoms with Gasteiger partial charge in [0.15, 0.2) is 0 Å². The molecule has 0 spiro atoms. The number of rotatable bonds is 7. The van der Waals surface area contributed by atoms with Crippen LogP contribution in [-0.2, 0) is 0 Å². The molecular formula is C15H27N3O. The van der Waals surface area contributed by atoms with Crippen LogP contribution in [0.4, 0.5) is 0 Å². The van der Waals surface area contributed by atoms with Gasteiger partial charge in [-0.05, 0) is 51.5 Å². The van der Waals surface area contributed by atoms with E-state index < -0.39 is 0 Å². The highest BCUT2D eigenvalue weighted by molar-refractivity contribution is 5.07. The number of hydrogen-bond donors (Lipinski definition) is 1. The average molecular weight is 265 g/mol. The van der Waals surface area contributed by atoms with Crippen LogP contribution >= 0.6 is 0 Å². The maximum absolute atomic E-state index is 6.28. The van der Waals surface area contributed by atoms with Gasteiger partial charge in [0.1, 0.15) is 5.76 Å². The second-order valence-corrected chi connectivity index (χ2v) is 5.56. The summed E-state index contributed by atoms with van der Waals surface area (Å²) < 4.78 is 5.58. The third-order valence-electron chi connectivity index (χ3n) is 4.15. The fourth-order valence-corrected chi connectivity index (χ4v) is 2.88. The molecule has 0 saturated carbocycles. The Labute approximate surface area is 116 Å². The summed E-state index contributed by atoms with van der Waals surface area (Å²) in [5.41, 5.74) is 6.28. The average Bonchev–Trinajstić information content (AvgIpc) is 3.09. The van der Waals surface area contributed by atoms with Gasteiger partial charge in [0.05, 0.1) is 12.3 Å². The van der Waals surface area contributed by atoms with E-state index in [0.717, 1.165) is 25.3 Å². The molecule has 0 radical (unpaired) electrons. The van der Waals surface area contributed by atoms with Crippen molar-refractivity contribution < 1.29 is 4.42 Å². The Hall–Kier alpha value is -0.840. The van der Waals surface area contributed by atoms with Gasteiger partial charge in [0.2, 0.25) is 0 Å². The lowest BCUT2D eigenvalue weighted by Gasteiger charge is -2.32. The molecule has 108 valence electrons. The standard InChI is InChI=1S/C15H27N3O/c1-3-13(16)15(14-7-6-12-19-14)17(2)10-11-18-8-4-5-9-18/h6-7,12-13,15H,3-5,8-11,16H2,1-2H3. The van der Waals surface area contributed by atoms with Crippen LogP contribution in [0.2, 0.25) is 0 Å². The topological polar surface area (TPSA) is 45.6 Å². The summed E-state index contributed by atoms with van der Waals surface area (Å²) in [7, 11) is 2.15. The van der Waals surface area contributed by atoms with Crippen LogP contribution in [-0.4, -0.2) is 49.1 Å². The summed E-state index contributed by atoms with van der Waals surface area (Å²) in [5.74, 6) is 0.985. The van der Waals surface area contributed by atoms with Crippen molar-refractivity contribution in [1.82, 2.24) is 9.80 Å². The minimum absolute atomic E-state index is 0.120. The first-order valence-corrected chi connectivity index (χ1v) is 7.44. The lowest BCUT2D eigenvalue weighted by Crippen LogP contribution is -2.41. The number of nitrogens with zero attached hydrogens (tertiary/aromatic N) is 2. The molecule has 2 atom stereocenters. The van der Waals surface area contributed by atoms with E-state index in [9.17, 15) is 0 Å². The maximum Gasteiger partial charge on any atom is 0.122 e. The molecule has 1 aromatic rings. The van der Waals surface area contributed by atoms with E-state index in [2.05, 4.69) is 23.8 Å². The van der Waals surface area contributed by atoms with Crippen molar-refractivity contribution in [2.45, 2.75) is 38.3 Å². The summed E-state index contributed by atoms with van der Waals surface area (Å²) in [6, 6.07) is 4.28. The van der Waals surface area contributed by atoms with E-state index in [4.69, 9.17) is 10.2 Å². The van der Waals surface area contributed by atoms with Crippen molar-refractivity contribution in [1.29, 1.82) is 0 Å². The highest BCUT2D eigenvalue weighted by atomic mass is 16.3. The molecule has 1 fully saturated rings. The van der Waals surface area contributed by atoms with Crippen LogP contribution in [0.1, 0.15) is 38.0 Å². The van der Waals surface area contributed by atoms with E-state index in [1.165, 1.54) is 25.9 Å². The number of nitrogens with two attached hydrogens (primary N) is 1. The molecule has 0 aliphatic carbocycles. The molecule has 19 heavy (non-hydrogen) atoms. The Morgan fingerprint density at radius 2 is 2.16 bits per heavy atom. The first-order chi connectivity index (χ1) is 9.22. The van der Waals surface area contributed by atoms with Crippen LogP contribution < -0.4 is 5.73 Å². The van der Waals surface area contributed by atoms with Gasteiger partial charge in [0, 0.05) is 19.1 Å². The zero-order valence-corrected chi connectivity index (χ0v) is 12.2. The maximum atomic E-state index is 6.28. The van der Waals surface area contributed by atoms with Crippen molar-refractivity contribution in [3.05, 3.63) is 24.2 Å². The Morgan fingerprint density at radius 3 is 2.74 bits per heavy atom. The smallest absolute Gasteiger partial charge is 0.122 e. The van der Waals surface area contributed by atoms with E-state index in [1.54, 1.807) is 6.26 Å². The van der Waals surface area contributed by atoms with Crippen molar-refractivity contribution in [3.63, 3.8) is 0 Å². The van der Waals surface area contributed by atoms with Gasteiger partial charge < -0.3 is 15.1 Å². The number of likely N-dealkylation sites (N-methyl/N-ethyl adjacent to an activating group) is 1. The van der Waals surface area contributed by atoms with E-state index in [-0.39, 0.29) is 12.1 Å². The van der Waals surface area contributed by atoms with Crippen LogP contribution in [0.25, 0.3) is 0 Å². The van der Waals surface area contributed by atoms with Crippen LogP contribution in [0.3, 0.4) is 0 Å². The third-order valence-corrected chi connectivity index (χ3v) is 4.15. The highest BCUT2D eigenvalue weighted by Crippen LogP contribution is 2.24. The van der Waals surface area contributed by atoms with Gasteiger partial charge in [-0.15, -0.1) is 0 Å². The normalized spacial score (nSPS) is 20.0. The Balaban J connectivity index is 1.93. The van der Waals surface area contributed by atoms with Gasteiger partial charge in [0.25, 0.3) is 0 Å². The Bertz CT molecular complexity index is 346. The van der Waals surface area contributed by atoms with Crippen molar-refractivity contribution >= 4 is 0 Å². The molecule has 1 saturated heterocycles. The largest absolute Gasteiger partial charge is 0.468 e. The highest BCUT2D eigenvalue weighted by Gasteiger charge is 2.25. The first-order valence-electron chi connectivity index (χ1n) is 7.44. The van der Waals surface area contributed by atoms with Crippen molar-refractivity contribution in [2.75, 3.05) is 33.2 Å². The molecule has 2 unspecified atom stereocenters. The third kappa shape index (κ3) is 3.81. The van der Waals surface area contributed by atoms with Gasteiger partial charge >= 0.3 is 0 Å². The predicted molar refractivity (Wildman–Crippen MR) is 78.0 cm³/mol. The Kier molecular flexibility index (Phi) is 5.43. The first kappa shape index (κ1) is 14.6. The van der Waals surface area contributed by atoms with Crippen molar-refractivity contribution in [2.24, 2.45) is 5.73 Å². The SMILES string of the molecule is CCC(N)C(c1ccco1)N(C)CCN1CCCC1. The summed E-state index contributed by atoms with van der Waals surface area (Å²) >= 11 is 0. The monoisotopic (exact) mass is 265 g/mol. The molecular weight excluding hydrogens is 238 g/mol. The molecule has 4 nitrogen and oxygen atoms in total. The zero-order chi connectivity index (χ0) is 13.7. The Morgan fingerprint density at radius 1 is 1.42 bits per heavy atom. The zero-order valence-electron chi connectivity index (χ0n) is 12.2. The number of hydrogen-bond acceptors (Lipinski definition) is 4. The van der Waals surface area contributed by atoms with E-state index in [0.29, 0.717) is 0 Å².